The van der Waals surface area contributed by atoms with Crippen LogP contribution < -0.4 is 9.64 Å². The summed E-state index contributed by atoms with van der Waals surface area (Å²) in [5.41, 5.74) is 2.13. The molecule has 1 aliphatic heterocycles. The van der Waals surface area contributed by atoms with Gasteiger partial charge in [0.25, 0.3) is 0 Å². The van der Waals surface area contributed by atoms with Gasteiger partial charge in [-0.05, 0) is 49.6 Å². The summed E-state index contributed by atoms with van der Waals surface area (Å²) in [4.78, 5) is 10.1. The summed E-state index contributed by atoms with van der Waals surface area (Å²) < 4.78 is 5.29. The Kier molecular flexibility index (Phi) is 4.99. The molecule has 0 spiro atoms. The number of rotatable bonds is 4. The molecule has 3 aromatic rings. The third-order valence-electron chi connectivity index (χ3n) is 5.45. The maximum Gasteiger partial charge on any atom is 0.137 e. The van der Waals surface area contributed by atoms with Crippen molar-refractivity contribution < 1.29 is 4.74 Å². The third kappa shape index (κ3) is 3.62. The van der Waals surface area contributed by atoms with Crippen molar-refractivity contribution in [2.24, 2.45) is 0 Å². The summed E-state index contributed by atoms with van der Waals surface area (Å²) in [6, 6.07) is 19.5. The van der Waals surface area contributed by atoms with Crippen molar-refractivity contribution in [3.63, 3.8) is 0 Å². The Hall–Kier alpha value is -2.59. The van der Waals surface area contributed by atoms with Gasteiger partial charge in [0.2, 0.25) is 0 Å². The number of ether oxygens (including phenoxy) is 1. The van der Waals surface area contributed by atoms with Gasteiger partial charge in [-0.2, -0.15) is 0 Å². The molecule has 4 heteroatoms. The smallest absolute Gasteiger partial charge is 0.137 e. The fourth-order valence-corrected chi connectivity index (χ4v) is 3.78. The second-order valence-electron chi connectivity index (χ2n) is 7.40. The molecule has 0 bridgehead atoms. The van der Waals surface area contributed by atoms with E-state index in [0.717, 1.165) is 49.0 Å². The fourth-order valence-electron chi connectivity index (χ4n) is 3.78. The zero-order valence-electron chi connectivity index (χ0n) is 16.4. The highest BCUT2D eigenvalue weighted by Gasteiger charge is 2.21. The monoisotopic (exact) mass is 361 g/mol. The van der Waals surface area contributed by atoms with Gasteiger partial charge >= 0.3 is 0 Å². The molecular weight excluding hydrogens is 334 g/mol. The molecule has 1 aromatic heterocycles. The summed E-state index contributed by atoms with van der Waals surface area (Å²) in [6.45, 7) is 8.74. The predicted octanol–water partition coefficient (Wildman–Crippen LogP) is 4.44. The molecular formula is C23H27N3O. The SMILES string of the molecule is COc1ccc(-c2cc3ccccc3c(N3CCN(C(C)C)CC3)n2)cc1. The number of benzene rings is 2. The lowest BCUT2D eigenvalue weighted by Gasteiger charge is -2.38. The van der Waals surface area contributed by atoms with E-state index >= 15 is 0 Å². The van der Waals surface area contributed by atoms with Crippen LogP contribution in [0.15, 0.2) is 54.6 Å². The normalized spacial score (nSPS) is 15.5. The molecule has 2 aromatic carbocycles. The van der Waals surface area contributed by atoms with Crippen LogP contribution in [0.5, 0.6) is 5.75 Å². The van der Waals surface area contributed by atoms with Crippen LogP contribution in [0.4, 0.5) is 5.82 Å². The van der Waals surface area contributed by atoms with Crippen LogP contribution >= 0.6 is 0 Å². The maximum absolute atomic E-state index is 5.29. The zero-order valence-corrected chi connectivity index (χ0v) is 16.4. The van der Waals surface area contributed by atoms with Gasteiger partial charge in [0, 0.05) is 43.2 Å². The number of anilines is 1. The minimum absolute atomic E-state index is 0.600. The zero-order chi connectivity index (χ0) is 18.8. The van der Waals surface area contributed by atoms with Gasteiger partial charge < -0.3 is 9.64 Å². The average Bonchev–Trinajstić information content (AvgIpc) is 2.73. The van der Waals surface area contributed by atoms with Crippen molar-refractivity contribution in [3.8, 4) is 17.0 Å². The summed E-state index contributed by atoms with van der Waals surface area (Å²) >= 11 is 0. The number of piperazine rings is 1. The standard InChI is InChI=1S/C23H27N3O/c1-17(2)25-12-14-26(15-13-25)23-21-7-5-4-6-19(21)16-22(24-23)18-8-10-20(27-3)11-9-18/h4-11,16-17H,12-15H2,1-3H3. The molecule has 2 heterocycles. The molecule has 1 aliphatic rings. The minimum atomic E-state index is 0.600. The van der Waals surface area contributed by atoms with Crippen LogP contribution in [0.1, 0.15) is 13.8 Å². The molecule has 1 saturated heterocycles. The minimum Gasteiger partial charge on any atom is -0.497 e. The first-order valence-corrected chi connectivity index (χ1v) is 9.69. The van der Waals surface area contributed by atoms with Gasteiger partial charge in [-0.1, -0.05) is 24.3 Å². The van der Waals surface area contributed by atoms with Crippen molar-refractivity contribution in [2.45, 2.75) is 19.9 Å². The van der Waals surface area contributed by atoms with Crippen molar-refractivity contribution in [3.05, 3.63) is 54.6 Å². The fraction of sp³-hybridized carbons (Fsp3) is 0.348. The number of nitrogens with zero attached hydrogens (tertiary/aromatic N) is 3. The van der Waals surface area contributed by atoms with Crippen molar-refractivity contribution in [2.75, 3.05) is 38.2 Å². The second-order valence-corrected chi connectivity index (χ2v) is 7.40. The van der Waals surface area contributed by atoms with Gasteiger partial charge in [-0.25, -0.2) is 4.98 Å². The topological polar surface area (TPSA) is 28.6 Å². The quantitative estimate of drug-likeness (QED) is 0.687. The van der Waals surface area contributed by atoms with E-state index in [1.165, 1.54) is 10.8 Å². The molecule has 0 amide bonds. The molecule has 0 N–H and O–H groups in total. The number of hydrogen-bond acceptors (Lipinski definition) is 4. The van der Waals surface area contributed by atoms with E-state index in [1.54, 1.807) is 7.11 Å². The number of aromatic nitrogens is 1. The predicted molar refractivity (Wildman–Crippen MR) is 113 cm³/mol. The van der Waals surface area contributed by atoms with Crippen LogP contribution in [0.3, 0.4) is 0 Å². The first-order chi connectivity index (χ1) is 13.2. The van der Waals surface area contributed by atoms with Crippen LogP contribution in [0.2, 0.25) is 0 Å². The molecule has 0 radical (unpaired) electrons. The Balaban J connectivity index is 1.73. The molecule has 140 valence electrons. The Labute approximate surface area is 161 Å². The Morgan fingerprint density at radius 2 is 1.63 bits per heavy atom. The third-order valence-corrected chi connectivity index (χ3v) is 5.45. The molecule has 27 heavy (non-hydrogen) atoms. The van der Waals surface area contributed by atoms with E-state index in [2.05, 4.69) is 66.1 Å². The van der Waals surface area contributed by atoms with Gasteiger partial charge in [0.05, 0.1) is 12.8 Å². The number of hydrogen-bond donors (Lipinski definition) is 0. The molecule has 0 unspecified atom stereocenters. The van der Waals surface area contributed by atoms with E-state index in [0.29, 0.717) is 6.04 Å². The highest BCUT2D eigenvalue weighted by atomic mass is 16.5. The summed E-state index contributed by atoms with van der Waals surface area (Å²) in [7, 11) is 1.69. The highest BCUT2D eigenvalue weighted by molar-refractivity contribution is 5.95. The van der Waals surface area contributed by atoms with E-state index in [-0.39, 0.29) is 0 Å². The average molecular weight is 361 g/mol. The Morgan fingerprint density at radius 3 is 2.30 bits per heavy atom. The first-order valence-electron chi connectivity index (χ1n) is 9.69. The first kappa shape index (κ1) is 17.8. The summed E-state index contributed by atoms with van der Waals surface area (Å²) in [5, 5.41) is 2.47. The highest BCUT2D eigenvalue weighted by Crippen LogP contribution is 2.31. The van der Waals surface area contributed by atoms with Crippen molar-refractivity contribution >= 4 is 16.6 Å². The lowest BCUT2D eigenvalue weighted by molar-refractivity contribution is 0.209. The maximum atomic E-state index is 5.29. The van der Waals surface area contributed by atoms with E-state index in [9.17, 15) is 0 Å². The van der Waals surface area contributed by atoms with Crippen LogP contribution in [0.25, 0.3) is 22.0 Å². The Bertz CT molecular complexity index is 913. The van der Waals surface area contributed by atoms with Crippen molar-refractivity contribution in [1.82, 2.24) is 9.88 Å². The molecule has 4 nitrogen and oxygen atoms in total. The Morgan fingerprint density at radius 1 is 0.926 bits per heavy atom. The summed E-state index contributed by atoms with van der Waals surface area (Å²) in [5.74, 6) is 1.96. The second kappa shape index (κ2) is 7.57. The number of methoxy groups -OCH3 is 1. The van der Waals surface area contributed by atoms with Crippen molar-refractivity contribution in [1.29, 1.82) is 0 Å². The number of pyridine rings is 1. The molecule has 0 atom stereocenters. The molecule has 4 rings (SSSR count). The van der Waals surface area contributed by atoms with E-state index in [1.807, 2.05) is 12.1 Å². The van der Waals surface area contributed by atoms with Crippen LogP contribution in [0, 0.1) is 0 Å². The van der Waals surface area contributed by atoms with Gasteiger partial charge in [-0.15, -0.1) is 0 Å². The number of fused-ring (bicyclic) bond motifs is 1. The summed E-state index contributed by atoms with van der Waals surface area (Å²) in [6.07, 6.45) is 0. The molecule has 0 saturated carbocycles. The lowest BCUT2D eigenvalue weighted by Crippen LogP contribution is -2.49. The molecule has 0 aliphatic carbocycles. The van der Waals surface area contributed by atoms with E-state index < -0.39 is 0 Å². The van der Waals surface area contributed by atoms with Crippen LogP contribution in [-0.4, -0.2) is 49.2 Å². The molecule has 1 fully saturated rings. The van der Waals surface area contributed by atoms with Gasteiger partial charge in [0.1, 0.15) is 11.6 Å². The largest absolute Gasteiger partial charge is 0.497 e. The van der Waals surface area contributed by atoms with Gasteiger partial charge in [0.15, 0.2) is 0 Å². The lowest BCUT2D eigenvalue weighted by atomic mass is 10.1. The van der Waals surface area contributed by atoms with E-state index in [4.69, 9.17) is 9.72 Å². The van der Waals surface area contributed by atoms with Crippen LogP contribution in [-0.2, 0) is 0 Å². The van der Waals surface area contributed by atoms with Gasteiger partial charge in [-0.3, -0.25) is 4.90 Å².